The average molecular weight is 249 g/mol. The van der Waals surface area contributed by atoms with Crippen molar-refractivity contribution in [3.05, 3.63) is 12.4 Å². The van der Waals surface area contributed by atoms with E-state index in [0.29, 0.717) is 5.75 Å². The quantitative estimate of drug-likeness (QED) is 0.742. The van der Waals surface area contributed by atoms with E-state index in [2.05, 4.69) is 10.1 Å². The van der Waals surface area contributed by atoms with Crippen LogP contribution >= 0.6 is 10.7 Å². The smallest absolute Gasteiger partial charge is 0.279 e. The van der Waals surface area contributed by atoms with Crippen LogP contribution in [0.1, 0.15) is 0 Å². The Morgan fingerprint density at radius 1 is 1.47 bits per heavy atom. The average Bonchev–Trinajstić information content (AvgIpc) is 2.62. The van der Waals surface area contributed by atoms with Crippen molar-refractivity contribution in [1.29, 1.82) is 0 Å². The third kappa shape index (κ3) is 1.64. The molecule has 0 aliphatic rings. The van der Waals surface area contributed by atoms with Crippen molar-refractivity contribution in [2.45, 2.75) is 5.03 Å². The number of methoxy groups -OCH3 is 1. The Kier molecular flexibility index (Phi) is 2.28. The van der Waals surface area contributed by atoms with Crippen LogP contribution in [-0.2, 0) is 9.05 Å². The molecule has 0 aliphatic carbocycles. The summed E-state index contributed by atoms with van der Waals surface area (Å²) in [5.74, 6) is 0.298. The molecular formula is C7H5ClN2O4S. The summed E-state index contributed by atoms with van der Waals surface area (Å²) in [5, 5.41) is 3.37. The van der Waals surface area contributed by atoms with E-state index in [1.54, 1.807) is 0 Å². The highest BCUT2D eigenvalue weighted by Crippen LogP contribution is 2.29. The number of aromatic nitrogens is 2. The van der Waals surface area contributed by atoms with Crippen LogP contribution in [-0.4, -0.2) is 25.7 Å². The molecule has 0 aliphatic heterocycles. The molecule has 2 aromatic rings. The third-order valence-corrected chi connectivity index (χ3v) is 3.00. The van der Waals surface area contributed by atoms with Gasteiger partial charge in [-0.2, -0.15) is 0 Å². The van der Waals surface area contributed by atoms with Gasteiger partial charge in [0.05, 0.1) is 24.9 Å². The molecule has 0 N–H and O–H groups in total. The summed E-state index contributed by atoms with van der Waals surface area (Å²) in [6, 6.07) is 0. The molecule has 15 heavy (non-hydrogen) atoms. The second-order valence-corrected chi connectivity index (χ2v) is 5.12. The van der Waals surface area contributed by atoms with Crippen LogP contribution in [0.25, 0.3) is 11.0 Å². The van der Waals surface area contributed by atoms with Gasteiger partial charge in [-0.1, -0.05) is 5.16 Å². The molecule has 0 atom stereocenters. The highest BCUT2D eigenvalue weighted by Gasteiger charge is 2.20. The van der Waals surface area contributed by atoms with E-state index in [4.69, 9.17) is 19.9 Å². The van der Waals surface area contributed by atoms with Crippen LogP contribution in [0.5, 0.6) is 5.75 Å². The Hall–Kier alpha value is -1.34. The molecule has 2 aromatic heterocycles. The Bertz CT molecular complexity index is 606. The monoisotopic (exact) mass is 248 g/mol. The Labute approximate surface area is 89.2 Å². The summed E-state index contributed by atoms with van der Waals surface area (Å²) in [6.45, 7) is 0. The van der Waals surface area contributed by atoms with Gasteiger partial charge >= 0.3 is 0 Å². The fourth-order valence-corrected chi connectivity index (χ4v) is 2.11. The van der Waals surface area contributed by atoms with Gasteiger partial charge in [0.2, 0.25) is 5.58 Å². The molecule has 2 heterocycles. The lowest BCUT2D eigenvalue weighted by Gasteiger charge is -2.00. The molecule has 0 aromatic carbocycles. The Morgan fingerprint density at radius 2 is 2.20 bits per heavy atom. The van der Waals surface area contributed by atoms with Crippen molar-refractivity contribution >= 4 is 30.7 Å². The van der Waals surface area contributed by atoms with Crippen molar-refractivity contribution in [2.75, 3.05) is 7.11 Å². The fraction of sp³-hybridized carbons (Fsp3) is 0.143. The lowest BCUT2D eigenvalue weighted by molar-refractivity contribution is 0.391. The summed E-state index contributed by atoms with van der Waals surface area (Å²) < 4.78 is 32.0. The lowest BCUT2D eigenvalue weighted by atomic mass is 10.3. The highest BCUT2D eigenvalue weighted by molar-refractivity contribution is 8.13. The summed E-state index contributed by atoms with van der Waals surface area (Å²) in [7, 11) is 2.68. The van der Waals surface area contributed by atoms with Crippen molar-refractivity contribution in [3.8, 4) is 5.75 Å². The maximum atomic E-state index is 11.1. The summed E-state index contributed by atoms with van der Waals surface area (Å²) in [5.41, 5.74) is 0.201. The normalized spacial score (nSPS) is 11.9. The first-order valence-corrected chi connectivity index (χ1v) is 6.07. The lowest BCUT2D eigenvalue weighted by Crippen LogP contribution is -1.96. The second kappa shape index (κ2) is 3.35. The van der Waals surface area contributed by atoms with Gasteiger partial charge in [-0.15, -0.1) is 0 Å². The SMILES string of the molecule is COc1cnc(S(=O)(=O)Cl)c2cnoc12. The van der Waals surface area contributed by atoms with Gasteiger partial charge in [0, 0.05) is 10.7 Å². The molecule has 0 fully saturated rings. The molecule has 0 amide bonds. The van der Waals surface area contributed by atoms with Gasteiger partial charge in [-0.25, -0.2) is 13.4 Å². The maximum absolute atomic E-state index is 11.1. The van der Waals surface area contributed by atoms with Crippen LogP contribution < -0.4 is 4.74 Å². The van der Waals surface area contributed by atoms with Gasteiger partial charge in [0.1, 0.15) is 0 Å². The Balaban J connectivity index is 2.86. The van der Waals surface area contributed by atoms with E-state index >= 15 is 0 Å². The van der Waals surface area contributed by atoms with Gasteiger partial charge in [0.25, 0.3) is 9.05 Å². The van der Waals surface area contributed by atoms with E-state index in [1.165, 1.54) is 19.5 Å². The minimum atomic E-state index is -3.92. The molecule has 0 saturated carbocycles. The molecule has 80 valence electrons. The molecule has 0 saturated heterocycles. The van der Waals surface area contributed by atoms with E-state index in [-0.39, 0.29) is 16.0 Å². The van der Waals surface area contributed by atoms with Crippen LogP contribution in [0.2, 0.25) is 0 Å². The number of halogens is 1. The number of nitrogens with zero attached hydrogens (tertiary/aromatic N) is 2. The molecular weight excluding hydrogens is 244 g/mol. The van der Waals surface area contributed by atoms with Crippen LogP contribution in [0, 0.1) is 0 Å². The number of pyridine rings is 1. The van der Waals surface area contributed by atoms with Gasteiger partial charge < -0.3 is 9.26 Å². The van der Waals surface area contributed by atoms with Crippen molar-refractivity contribution in [1.82, 2.24) is 10.1 Å². The van der Waals surface area contributed by atoms with Crippen LogP contribution in [0.15, 0.2) is 21.9 Å². The van der Waals surface area contributed by atoms with E-state index in [1.807, 2.05) is 0 Å². The van der Waals surface area contributed by atoms with Crippen molar-refractivity contribution < 1.29 is 17.7 Å². The zero-order chi connectivity index (χ0) is 11.1. The molecule has 0 radical (unpaired) electrons. The first-order valence-electron chi connectivity index (χ1n) is 3.76. The number of rotatable bonds is 2. The molecule has 0 spiro atoms. The summed E-state index contributed by atoms with van der Waals surface area (Å²) in [6.07, 6.45) is 2.43. The number of hydrogen-bond donors (Lipinski definition) is 0. The Morgan fingerprint density at radius 3 is 2.80 bits per heavy atom. The summed E-state index contributed by atoms with van der Waals surface area (Å²) in [4.78, 5) is 3.68. The summed E-state index contributed by atoms with van der Waals surface area (Å²) >= 11 is 0. The minimum Gasteiger partial charge on any atom is -0.491 e. The third-order valence-electron chi connectivity index (χ3n) is 1.77. The van der Waals surface area contributed by atoms with E-state index in [9.17, 15) is 8.42 Å². The second-order valence-electron chi connectivity index (χ2n) is 2.64. The molecule has 0 bridgehead atoms. The van der Waals surface area contributed by atoms with Crippen LogP contribution in [0.4, 0.5) is 0 Å². The molecule has 0 unspecified atom stereocenters. The first kappa shape index (κ1) is 10.2. The van der Waals surface area contributed by atoms with Crippen LogP contribution in [0.3, 0.4) is 0 Å². The minimum absolute atomic E-state index is 0.198. The fourth-order valence-electron chi connectivity index (χ4n) is 1.15. The zero-order valence-corrected chi connectivity index (χ0v) is 9.04. The standard InChI is InChI=1S/C7H5ClN2O4S/c1-13-5-3-9-7(15(8,11)12)4-2-10-14-6(4)5/h2-3H,1H3. The van der Waals surface area contributed by atoms with Gasteiger partial charge in [0.15, 0.2) is 10.8 Å². The number of hydrogen-bond acceptors (Lipinski definition) is 6. The largest absolute Gasteiger partial charge is 0.491 e. The highest BCUT2D eigenvalue weighted by atomic mass is 35.7. The molecule has 2 rings (SSSR count). The first-order chi connectivity index (χ1) is 7.04. The van der Waals surface area contributed by atoms with Gasteiger partial charge in [-0.3, -0.25) is 0 Å². The topological polar surface area (TPSA) is 82.3 Å². The molecule has 6 nitrogen and oxygen atoms in total. The van der Waals surface area contributed by atoms with E-state index in [0.717, 1.165) is 0 Å². The predicted molar refractivity (Wildman–Crippen MR) is 51.4 cm³/mol. The zero-order valence-electron chi connectivity index (χ0n) is 7.47. The number of ether oxygens (including phenoxy) is 1. The maximum Gasteiger partial charge on any atom is 0.279 e. The van der Waals surface area contributed by atoms with Crippen molar-refractivity contribution in [2.24, 2.45) is 0 Å². The number of fused-ring (bicyclic) bond motifs is 1. The predicted octanol–water partition coefficient (Wildman–Crippen LogP) is 1.16. The van der Waals surface area contributed by atoms with E-state index < -0.39 is 9.05 Å². The molecule has 8 heteroatoms. The van der Waals surface area contributed by atoms with Gasteiger partial charge in [-0.05, 0) is 0 Å². The van der Waals surface area contributed by atoms with Crippen molar-refractivity contribution in [3.63, 3.8) is 0 Å².